The number of benzene rings is 2. The normalized spacial score (nSPS) is 10.7. The first-order chi connectivity index (χ1) is 12.2. The Morgan fingerprint density at radius 2 is 1.68 bits per heavy atom. The van der Waals surface area contributed by atoms with Crippen LogP contribution in [0, 0.1) is 29.6 Å². The Morgan fingerprint density at radius 3 is 2.40 bits per heavy atom. The SMILES string of the molecule is Cc1ccc2c(oc3c(C#N)ccc(C#N)c32)c1-c1cccc[n+]1C. The summed E-state index contributed by atoms with van der Waals surface area (Å²) in [6, 6.07) is 17.7. The predicted molar refractivity (Wildman–Crippen MR) is 94.5 cm³/mol. The van der Waals surface area contributed by atoms with Crippen LogP contribution < -0.4 is 4.57 Å². The molecule has 2 aromatic carbocycles. The predicted octanol–water partition coefficient (Wildman–Crippen LogP) is 4.13. The number of furan rings is 1. The highest BCUT2D eigenvalue weighted by Gasteiger charge is 2.22. The Kier molecular flexibility index (Phi) is 3.27. The van der Waals surface area contributed by atoms with E-state index in [0.717, 1.165) is 22.2 Å². The van der Waals surface area contributed by atoms with Gasteiger partial charge in [0.05, 0.1) is 22.8 Å². The number of aryl methyl sites for hydroxylation is 2. The second kappa shape index (κ2) is 5.47. The molecule has 118 valence electrons. The summed E-state index contributed by atoms with van der Waals surface area (Å²) in [5, 5.41) is 20.5. The van der Waals surface area contributed by atoms with E-state index in [1.807, 2.05) is 55.1 Å². The van der Waals surface area contributed by atoms with E-state index >= 15 is 0 Å². The van der Waals surface area contributed by atoms with E-state index in [1.165, 1.54) is 0 Å². The number of rotatable bonds is 1. The van der Waals surface area contributed by atoms with E-state index < -0.39 is 0 Å². The summed E-state index contributed by atoms with van der Waals surface area (Å²) in [6.45, 7) is 2.03. The van der Waals surface area contributed by atoms with Gasteiger partial charge in [0.1, 0.15) is 18.7 Å². The second-order valence-corrected chi connectivity index (χ2v) is 6.02. The van der Waals surface area contributed by atoms with Crippen molar-refractivity contribution in [1.29, 1.82) is 10.5 Å². The van der Waals surface area contributed by atoms with Crippen LogP contribution in [0.5, 0.6) is 0 Å². The van der Waals surface area contributed by atoms with Crippen LogP contribution in [0.15, 0.2) is 53.1 Å². The Labute approximate surface area is 144 Å². The lowest BCUT2D eigenvalue weighted by atomic mass is 9.98. The molecule has 0 saturated carbocycles. The van der Waals surface area contributed by atoms with E-state index in [2.05, 4.69) is 12.1 Å². The van der Waals surface area contributed by atoms with Crippen LogP contribution in [0.25, 0.3) is 33.2 Å². The Hall–Kier alpha value is -3.63. The summed E-state index contributed by atoms with van der Waals surface area (Å²) in [6.07, 6.45) is 1.98. The van der Waals surface area contributed by atoms with Crippen molar-refractivity contribution < 1.29 is 8.98 Å². The molecule has 0 N–H and O–H groups in total. The molecule has 2 aromatic heterocycles. The van der Waals surface area contributed by atoms with Crippen molar-refractivity contribution in [3.05, 3.63) is 65.4 Å². The van der Waals surface area contributed by atoms with Gasteiger partial charge < -0.3 is 4.42 Å². The molecule has 0 fully saturated rings. The average molecular weight is 324 g/mol. The molecule has 0 unspecified atom stereocenters. The van der Waals surface area contributed by atoms with Crippen LogP contribution in [0.4, 0.5) is 0 Å². The van der Waals surface area contributed by atoms with Gasteiger partial charge in [-0.15, -0.1) is 0 Å². The van der Waals surface area contributed by atoms with E-state index in [0.29, 0.717) is 27.7 Å². The quantitative estimate of drug-likeness (QED) is 0.495. The van der Waals surface area contributed by atoms with Crippen molar-refractivity contribution in [1.82, 2.24) is 0 Å². The van der Waals surface area contributed by atoms with Gasteiger partial charge in [-0.3, -0.25) is 0 Å². The van der Waals surface area contributed by atoms with Gasteiger partial charge in [-0.25, -0.2) is 4.57 Å². The molecule has 0 aliphatic carbocycles. The van der Waals surface area contributed by atoms with Gasteiger partial charge in [0.2, 0.25) is 5.69 Å². The third-order valence-corrected chi connectivity index (χ3v) is 4.55. The molecule has 0 aliphatic heterocycles. The summed E-state index contributed by atoms with van der Waals surface area (Å²) in [4.78, 5) is 0. The molecule has 4 heteroatoms. The van der Waals surface area contributed by atoms with Crippen LogP contribution in [0.1, 0.15) is 16.7 Å². The molecule has 0 bridgehead atoms. The Bertz CT molecular complexity index is 1240. The van der Waals surface area contributed by atoms with Gasteiger partial charge >= 0.3 is 0 Å². The van der Waals surface area contributed by atoms with Gasteiger partial charge in [0.25, 0.3) is 0 Å². The van der Waals surface area contributed by atoms with Gasteiger partial charge in [-0.05, 0) is 30.7 Å². The van der Waals surface area contributed by atoms with Crippen LogP contribution >= 0.6 is 0 Å². The van der Waals surface area contributed by atoms with E-state index in [1.54, 1.807) is 12.1 Å². The molecule has 25 heavy (non-hydrogen) atoms. The standard InChI is InChI=1S/C21H14N3O/c1-13-6-9-16-19-14(11-22)7-8-15(12-23)20(19)25-21(16)18(13)17-5-3-4-10-24(17)2/h3-10H,1-2H3/q+1. The van der Waals surface area contributed by atoms with Crippen molar-refractivity contribution in [3.63, 3.8) is 0 Å². The third kappa shape index (κ3) is 2.09. The van der Waals surface area contributed by atoms with E-state index in [4.69, 9.17) is 4.42 Å². The first kappa shape index (κ1) is 14.9. The minimum atomic E-state index is 0.436. The molecule has 4 aromatic rings. The van der Waals surface area contributed by atoms with Crippen LogP contribution in [-0.2, 0) is 7.05 Å². The highest BCUT2D eigenvalue weighted by Crippen LogP contribution is 2.39. The zero-order chi connectivity index (χ0) is 17.6. The van der Waals surface area contributed by atoms with Crippen molar-refractivity contribution in [2.45, 2.75) is 6.92 Å². The van der Waals surface area contributed by atoms with Gasteiger partial charge in [-0.1, -0.05) is 12.1 Å². The zero-order valence-corrected chi connectivity index (χ0v) is 13.9. The van der Waals surface area contributed by atoms with Crippen molar-refractivity contribution in [3.8, 4) is 23.4 Å². The fraction of sp³-hybridized carbons (Fsp3) is 0.0952. The fourth-order valence-corrected chi connectivity index (χ4v) is 3.32. The molecular weight excluding hydrogens is 310 g/mol. The maximum absolute atomic E-state index is 9.48. The topological polar surface area (TPSA) is 64.6 Å². The molecule has 0 spiro atoms. The minimum Gasteiger partial charge on any atom is -0.454 e. The summed E-state index contributed by atoms with van der Waals surface area (Å²) >= 11 is 0. The molecule has 4 nitrogen and oxygen atoms in total. The number of aromatic nitrogens is 1. The molecular formula is C21H14N3O+. The van der Waals surface area contributed by atoms with Gasteiger partial charge in [0, 0.05) is 22.9 Å². The maximum atomic E-state index is 9.48. The summed E-state index contributed by atoms with van der Waals surface area (Å²) in [5.74, 6) is 0. The summed E-state index contributed by atoms with van der Waals surface area (Å²) in [7, 11) is 1.98. The number of hydrogen-bond donors (Lipinski definition) is 0. The average Bonchev–Trinajstić information content (AvgIpc) is 3.01. The first-order valence-electron chi connectivity index (χ1n) is 7.89. The molecule has 0 atom stereocenters. The highest BCUT2D eigenvalue weighted by atomic mass is 16.3. The lowest BCUT2D eigenvalue weighted by Crippen LogP contribution is -2.30. The Balaban J connectivity index is 2.24. The summed E-state index contributed by atoms with van der Waals surface area (Å²) in [5.41, 5.74) is 5.20. The van der Waals surface area contributed by atoms with Crippen molar-refractivity contribution in [2.75, 3.05) is 0 Å². The van der Waals surface area contributed by atoms with E-state index in [-0.39, 0.29) is 0 Å². The largest absolute Gasteiger partial charge is 0.454 e. The number of nitriles is 2. The maximum Gasteiger partial charge on any atom is 0.216 e. The lowest BCUT2D eigenvalue weighted by Gasteiger charge is -2.05. The fourth-order valence-electron chi connectivity index (χ4n) is 3.32. The van der Waals surface area contributed by atoms with Gasteiger partial charge in [-0.2, -0.15) is 10.5 Å². The van der Waals surface area contributed by atoms with Gasteiger partial charge in [0.15, 0.2) is 11.8 Å². The number of pyridine rings is 1. The van der Waals surface area contributed by atoms with Crippen molar-refractivity contribution in [2.24, 2.45) is 7.05 Å². The molecule has 0 amide bonds. The second-order valence-electron chi connectivity index (χ2n) is 6.02. The molecule has 0 radical (unpaired) electrons. The number of nitrogens with zero attached hydrogens (tertiary/aromatic N) is 3. The van der Waals surface area contributed by atoms with Crippen LogP contribution in [0.2, 0.25) is 0 Å². The first-order valence-corrected chi connectivity index (χ1v) is 7.89. The van der Waals surface area contributed by atoms with Crippen LogP contribution in [-0.4, -0.2) is 0 Å². The third-order valence-electron chi connectivity index (χ3n) is 4.55. The Morgan fingerprint density at radius 1 is 0.920 bits per heavy atom. The number of fused-ring (bicyclic) bond motifs is 3. The van der Waals surface area contributed by atoms with Crippen LogP contribution in [0.3, 0.4) is 0 Å². The monoisotopic (exact) mass is 324 g/mol. The zero-order valence-electron chi connectivity index (χ0n) is 13.9. The molecule has 0 aliphatic rings. The summed E-state index contributed by atoms with van der Waals surface area (Å²) < 4.78 is 8.18. The lowest BCUT2D eigenvalue weighted by molar-refractivity contribution is -0.660. The van der Waals surface area contributed by atoms with Crippen molar-refractivity contribution >= 4 is 21.9 Å². The number of hydrogen-bond acceptors (Lipinski definition) is 3. The molecule has 0 saturated heterocycles. The van der Waals surface area contributed by atoms with E-state index in [9.17, 15) is 10.5 Å². The molecule has 2 heterocycles. The molecule has 4 rings (SSSR count). The highest BCUT2D eigenvalue weighted by molar-refractivity contribution is 6.13. The smallest absolute Gasteiger partial charge is 0.216 e. The minimum absolute atomic E-state index is 0.436.